The minimum absolute atomic E-state index is 0.00884. The van der Waals surface area contributed by atoms with Gasteiger partial charge in [0.25, 0.3) is 11.6 Å². The lowest BCUT2D eigenvalue weighted by Crippen LogP contribution is -2.35. The fourth-order valence-corrected chi connectivity index (χ4v) is 4.39. The van der Waals surface area contributed by atoms with Gasteiger partial charge >= 0.3 is 0 Å². The molecule has 0 spiro atoms. The number of benzene rings is 1. The van der Waals surface area contributed by atoms with Crippen LogP contribution in [0.5, 0.6) is 0 Å². The Morgan fingerprint density at radius 3 is 2.96 bits per heavy atom. The molecule has 0 unspecified atom stereocenters. The van der Waals surface area contributed by atoms with Crippen LogP contribution in [-0.4, -0.2) is 39.3 Å². The maximum atomic E-state index is 12.7. The number of rotatable bonds is 5. The molecular weight excluding hydrogens is 400 g/mol. The number of nitrogens with zero attached hydrogens (tertiary/aromatic N) is 2. The average molecular weight is 416 g/mol. The van der Waals surface area contributed by atoms with Gasteiger partial charge in [0, 0.05) is 30.4 Å². The van der Waals surface area contributed by atoms with Gasteiger partial charge in [-0.1, -0.05) is 36.1 Å². The lowest BCUT2D eigenvalue weighted by molar-refractivity contribution is -0.384. The zero-order chi connectivity index (χ0) is 19.7. The second-order valence-electron chi connectivity index (χ2n) is 6.44. The van der Waals surface area contributed by atoms with E-state index in [1.54, 1.807) is 35.2 Å². The summed E-state index contributed by atoms with van der Waals surface area (Å²) >= 11 is 6.58. The zero-order valence-corrected chi connectivity index (χ0v) is 16.3. The van der Waals surface area contributed by atoms with Crippen LogP contribution in [0.15, 0.2) is 45.7 Å². The van der Waals surface area contributed by atoms with Crippen LogP contribution in [0.25, 0.3) is 17.4 Å². The molecule has 2 fully saturated rings. The molecule has 2 aliphatic heterocycles. The molecule has 0 saturated carbocycles. The molecule has 28 heavy (non-hydrogen) atoms. The summed E-state index contributed by atoms with van der Waals surface area (Å²) in [6.07, 6.45) is 3.62. The predicted molar refractivity (Wildman–Crippen MR) is 110 cm³/mol. The topological polar surface area (TPSA) is 85.8 Å². The molecule has 0 N–H and O–H groups in total. The molecule has 7 nitrogen and oxygen atoms in total. The number of nitro groups is 1. The van der Waals surface area contributed by atoms with Crippen LogP contribution in [0.2, 0.25) is 0 Å². The summed E-state index contributed by atoms with van der Waals surface area (Å²) in [5.41, 5.74) is 0.588. The van der Waals surface area contributed by atoms with Crippen LogP contribution in [0.3, 0.4) is 0 Å². The van der Waals surface area contributed by atoms with Crippen molar-refractivity contribution in [2.45, 2.75) is 18.9 Å². The summed E-state index contributed by atoms with van der Waals surface area (Å²) in [7, 11) is 0. The number of carbonyl (C=O) groups is 1. The molecular formula is C19H16N2O5S2. The average Bonchev–Trinajstić information content (AvgIpc) is 3.41. The lowest BCUT2D eigenvalue weighted by atomic mass is 10.1. The van der Waals surface area contributed by atoms with Crippen molar-refractivity contribution in [3.8, 4) is 11.3 Å². The molecule has 1 aromatic carbocycles. The minimum Gasteiger partial charge on any atom is -0.457 e. The highest BCUT2D eigenvalue weighted by Gasteiger charge is 2.34. The third-order valence-electron chi connectivity index (χ3n) is 4.53. The first-order valence-corrected chi connectivity index (χ1v) is 9.95. The summed E-state index contributed by atoms with van der Waals surface area (Å²) in [4.78, 5) is 25.2. The van der Waals surface area contributed by atoms with Crippen LogP contribution < -0.4 is 0 Å². The van der Waals surface area contributed by atoms with Gasteiger partial charge in [-0.2, -0.15) is 0 Å². The summed E-state index contributed by atoms with van der Waals surface area (Å²) in [6.45, 7) is 1.20. The van der Waals surface area contributed by atoms with E-state index in [2.05, 4.69) is 0 Å². The van der Waals surface area contributed by atoms with E-state index in [9.17, 15) is 14.9 Å². The molecule has 3 heterocycles. The number of non-ortho nitro benzene ring substituents is 1. The van der Waals surface area contributed by atoms with Crippen LogP contribution in [0.1, 0.15) is 18.6 Å². The van der Waals surface area contributed by atoms with E-state index >= 15 is 0 Å². The van der Waals surface area contributed by atoms with Crippen LogP contribution in [0.4, 0.5) is 5.69 Å². The predicted octanol–water partition coefficient (Wildman–Crippen LogP) is 4.24. The number of furan rings is 1. The molecule has 0 aliphatic carbocycles. The second-order valence-corrected chi connectivity index (χ2v) is 8.11. The Bertz CT molecular complexity index is 978. The molecule has 2 saturated heterocycles. The van der Waals surface area contributed by atoms with E-state index in [1.807, 2.05) is 0 Å². The highest BCUT2D eigenvalue weighted by atomic mass is 32.2. The minimum atomic E-state index is -0.452. The van der Waals surface area contributed by atoms with E-state index in [0.29, 0.717) is 32.9 Å². The van der Waals surface area contributed by atoms with Crippen LogP contribution in [0, 0.1) is 10.1 Å². The van der Waals surface area contributed by atoms with E-state index < -0.39 is 4.92 Å². The first-order chi connectivity index (χ1) is 13.5. The highest BCUT2D eigenvalue weighted by molar-refractivity contribution is 8.26. The number of amides is 1. The Balaban J connectivity index is 1.52. The summed E-state index contributed by atoms with van der Waals surface area (Å²) < 4.78 is 11.9. The van der Waals surface area contributed by atoms with Crippen molar-refractivity contribution < 1.29 is 18.9 Å². The fraction of sp³-hybridized carbons (Fsp3) is 0.263. The second kappa shape index (κ2) is 7.86. The molecule has 0 bridgehead atoms. The van der Waals surface area contributed by atoms with Crippen LogP contribution >= 0.6 is 24.0 Å². The van der Waals surface area contributed by atoms with Crippen molar-refractivity contribution in [1.82, 2.24) is 4.90 Å². The van der Waals surface area contributed by atoms with Gasteiger partial charge in [-0.15, -0.1) is 0 Å². The number of ether oxygens (including phenoxy) is 1. The Morgan fingerprint density at radius 1 is 1.36 bits per heavy atom. The largest absolute Gasteiger partial charge is 0.457 e. The molecule has 1 atom stereocenters. The third-order valence-corrected chi connectivity index (χ3v) is 5.90. The van der Waals surface area contributed by atoms with Gasteiger partial charge in [-0.05, 0) is 25.0 Å². The number of carbonyl (C=O) groups excluding carboxylic acids is 1. The number of hydrogen-bond acceptors (Lipinski definition) is 7. The maximum Gasteiger partial charge on any atom is 0.270 e. The van der Waals surface area contributed by atoms with E-state index in [-0.39, 0.29) is 17.7 Å². The van der Waals surface area contributed by atoms with Gasteiger partial charge in [-0.3, -0.25) is 19.8 Å². The fourth-order valence-electron chi connectivity index (χ4n) is 3.14. The molecule has 144 valence electrons. The first-order valence-electron chi connectivity index (χ1n) is 8.73. The van der Waals surface area contributed by atoms with Gasteiger partial charge in [0.15, 0.2) is 0 Å². The van der Waals surface area contributed by atoms with Gasteiger partial charge in [0.05, 0.1) is 22.5 Å². The standard InChI is InChI=1S/C19H16N2O5S2/c22-18-17(28-19(27)20(18)11-15-5-2-8-25-15)10-14-6-7-16(26-14)12-3-1-4-13(9-12)21(23)24/h1,3-4,6-7,9-10,15H,2,5,8,11H2/b17-10-/t15-/m0/s1. The summed E-state index contributed by atoms with van der Waals surface area (Å²) in [5.74, 6) is 0.822. The smallest absolute Gasteiger partial charge is 0.270 e. The van der Waals surface area contributed by atoms with Crippen molar-refractivity contribution in [3.05, 3.63) is 57.2 Å². The zero-order valence-electron chi connectivity index (χ0n) is 14.7. The molecule has 4 rings (SSSR count). The number of thioether (sulfide) groups is 1. The summed E-state index contributed by atoms with van der Waals surface area (Å²) in [5, 5.41) is 10.9. The molecule has 9 heteroatoms. The third kappa shape index (κ3) is 3.87. The van der Waals surface area contributed by atoms with Gasteiger partial charge in [0.2, 0.25) is 0 Å². The van der Waals surface area contributed by atoms with Gasteiger partial charge in [0.1, 0.15) is 15.8 Å². The quantitative estimate of drug-likeness (QED) is 0.312. The molecule has 1 aromatic heterocycles. The molecule has 2 aromatic rings. The Morgan fingerprint density at radius 2 is 2.21 bits per heavy atom. The van der Waals surface area contributed by atoms with Crippen molar-refractivity contribution >= 4 is 46.0 Å². The van der Waals surface area contributed by atoms with Gasteiger partial charge in [-0.25, -0.2) is 0 Å². The highest BCUT2D eigenvalue weighted by Crippen LogP contribution is 2.34. The monoisotopic (exact) mass is 416 g/mol. The van der Waals surface area contributed by atoms with Gasteiger partial charge < -0.3 is 9.15 Å². The van der Waals surface area contributed by atoms with Crippen molar-refractivity contribution in [1.29, 1.82) is 0 Å². The van der Waals surface area contributed by atoms with E-state index in [0.717, 1.165) is 19.4 Å². The normalized spacial score (nSPS) is 21.1. The van der Waals surface area contributed by atoms with Crippen LogP contribution in [-0.2, 0) is 9.53 Å². The Labute approximate surface area is 170 Å². The number of thiocarbonyl (C=S) groups is 1. The Kier molecular flexibility index (Phi) is 5.29. The van der Waals surface area contributed by atoms with Crippen molar-refractivity contribution in [3.63, 3.8) is 0 Å². The van der Waals surface area contributed by atoms with Crippen molar-refractivity contribution in [2.24, 2.45) is 0 Å². The lowest BCUT2D eigenvalue weighted by Gasteiger charge is -2.18. The Hall–Kier alpha value is -2.49. The first kappa shape index (κ1) is 18.9. The van der Waals surface area contributed by atoms with E-state index in [4.69, 9.17) is 21.4 Å². The molecule has 0 radical (unpaired) electrons. The summed E-state index contributed by atoms with van der Waals surface area (Å²) in [6, 6.07) is 9.65. The number of nitro benzene ring substituents is 1. The molecule has 2 aliphatic rings. The SMILES string of the molecule is O=C1/C(=C/c2ccc(-c3cccc([N+](=O)[O-])c3)o2)SC(=S)N1C[C@@H]1CCCO1. The van der Waals surface area contributed by atoms with Crippen molar-refractivity contribution in [2.75, 3.05) is 13.2 Å². The number of hydrogen-bond donors (Lipinski definition) is 0. The molecule has 1 amide bonds. The maximum absolute atomic E-state index is 12.7. The van der Waals surface area contributed by atoms with E-state index in [1.165, 1.54) is 23.9 Å².